The standard InChI is InChI=1S/C14H23ClN2/c1-5-16-10-11(2)17(4)12(3)13-6-8-14(15)9-7-13/h6-9,11-12,16H,5,10H2,1-4H3. The maximum absolute atomic E-state index is 5.90. The SMILES string of the molecule is CCNCC(C)N(C)C(C)c1ccc(Cl)cc1. The topological polar surface area (TPSA) is 15.3 Å². The van der Waals surface area contributed by atoms with Crippen LogP contribution in [0.3, 0.4) is 0 Å². The summed E-state index contributed by atoms with van der Waals surface area (Å²) in [5.74, 6) is 0. The Kier molecular flexibility index (Phi) is 5.96. The van der Waals surface area contributed by atoms with Gasteiger partial charge in [-0.15, -0.1) is 0 Å². The van der Waals surface area contributed by atoms with Gasteiger partial charge in [-0.3, -0.25) is 4.90 Å². The van der Waals surface area contributed by atoms with Gasteiger partial charge < -0.3 is 5.32 Å². The number of hydrogen-bond donors (Lipinski definition) is 1. The molecule has 0 aliphatic carbocycles. The van der Waals surface area contributed by atoms with Crippen molar-refractivity contribution in [2.24, 2.45) is 0 Å². The third kappa shape index (κ3) is 4.30. The molecule has 2 nitrogen and oxygen atoms in total. The Hall–Kier alpha value is -0.570. The molecule has 0 spiro atoms. The van der Waals surface area contributed by atoms with Crippen molar-refractivity contribution in [1.29, 1.82) is 0 Å². The number of nitrogens with zero attached hydrogens (tertiary/aromatic N) is 1. The molecule has 96 valence electrons. The smallest absolute Gasteiger partial charge is 0.0406 e. The van der Waals surface area contributed by atoms with E-state index in [1.54, 1.807) is 0 Å². The van der Waals surface area contributed by atoms with E-state index < -0.39 is 0 Å². The van der Waals surface area contributed by atoms with Crippen LogP contribution in [-0.2, 0) is 0 Å². The lowest BCUT2D eigenvalue weighted by molar-refractivity contribution is 0.194. The monoisotopic (exact) mass is 254 g/mol. The van der Waals surface area contributed by atoms with Crippen LogP contribution >= 0.6 is 11.6 Å². The van der Waals surface area contributed by atoms with Crippen LogP contribution in [0.25, 0.3) is 0 Å². The van der Waals surface area contributed by atoms with Gasteiger partial charge in [-0.1, -0.05) is 30.7 Å². The average molecular weight is 255 g/mol. The highest BCUT2D eigenvalue weighted by atomic mass is 35.5. The minimum atomic E-state index is 0.404. The molecule has 0 aromatic heterocycles. The normalized spacial score (nSPS) is 14.9. The molecule has 2 unspecified atom stereocenters. The summed E-state index contributed by atoms with van der Waals surface area (Å²) in [6.45, 7) is 8.65. The first kappa shape index (κ1) is 14.5. The molecule has 1 aromatic carbocycles. The number of nitrogens with one attached hydrogen (secondary N) is 1. The molecule has 1 rings (SSSR count). The molecule has 3 heteroatoms. The van der Waals surface area contributed by atoms with Crippen LogP contribution in [0.4, 0.5) is 0 Å². The average Bonchev–Trinajstić information content (AvgIpc) is 2.35. The summed E-state index contributed by atoms with van der Waals surface area (Å²) in [5.41, 5.74) is 1.31. The first-order chi connectivity index (χ1) is 8.06. The van der Waals surface area contributed by atoms with Crippen molar-refractivity contribution in [1.82, 2.24) is 10.2 Å². The second kappa shape index (κ2) is 7.00. The van der Waals surface area contributed by atoms with Gasteiger partial charge >= 0.3 is 0 Å². The van der Waals surface area contributed by atoms with Gasteiger partial charge in [-0.05, 0) is 45.1 Å². The highest BCUT2D eigenvalue weighted by molar-refractivity contribution is 6.30. The number of likely N-dealkylation sites (N-methyl/N-ethyl adjacent to an activating group) is 2. The molecule has 0 amide bonds. The maximum atomic E-state index is 5.90. The second-order valence-electron chi connectivity index (χ2n) is 4.55. The zero-order valence-electron chi connectivity index (χ0n) is 11.2. The third-order valence-corrected chi connectivity index (χ3v) is 3.60. The van der Waals surface area contributed by atoms with Crippen LogP contribution in [0.15, 0.2) is 24.3 Å². The van der Waals surface area contributed by atoms with Crippen molar-refractivity contribution in [3.63, 3.8) is 0 Å². The largest absolute Gasteiger partial charge is 0.315 e. The van der Waals surface area contributed by atoms with E-state index in [0.29, 0.717) is 12.1 Å². The van der Waals surface area contributed by atoms with Gasteiger partial charge in [0.2, 0.25) is 0 Å². The van der Waals surface area contributed by atoms with Crippen LogP contribution in [0.1, 0.15) is 32.4 Å². The fourth-order valence-electron chi connectivity index (χ4n) is 1.86. The molecular weight excluding hydrogens is 232 g/mol. The lowest BCUT2D eigenvalue weighted by atomic mass is 10.1. The Labute approximate surface area is 110 Å². The predicted octanol–water partition coefficient (Wildman–Crippen LogP) is 3.33. The van der Waals surface area contributed by atoms with Gasteiger partial charge in [-0.25, -0.2) is 0 Å². The summed E-state index contributed by atoms with van der Waals surface area (Å²) < 4.78 is 0. The van der Waals surface area contributed by atoms with Crippen molar-refractivity contribution < 1.29 is 0 Å². The van der Waals surface area contributed by atoms with Crippen LogP contribution in [0.2, 0.25) is 5.02 Å². The third-order valence-electron chi connectivity index (χ3n) is 3.35. The summed E-state index contributed by atoms with van der Waals surface area (Å²) in [4.78, 5) is 2.38. The number of hydrogen-bond acceptors (Lipinski definition) is 2. The van der Waals surface area contributed by atoms with E-state index in [1.807, 2.05) is 12.1 Å². The van der Waals surface area contributed by atoms with Crippen LogP contribution < -0.4 is 5.32 Å². The fraction of sp³-hybridized carbons (Fsp3) is 0.571. The van der Waals surface area contributed by atoms with Crippen molar-refractivity contribution >= 4 is 11.6 Å². The molecular formula is C14H23ClN2. The second-order valence-corrected chi connectivity index (χ2v) is 4.99. The molecule has 1 N–H and O–H groups in total. The Morgan fingerprint density at radius 3 is 2.35 bits per heavy atom. The van der Waals surface area contributed by atoms with Gasteiger partial charge in [0.1, 0.15) is 0 Å². The van der Waals surface area contributed by atoms with E-state index in [9.17, 15) is 0 Å². The molecule has 1 aromatic rings. The summed E-state index contributed by atoms with van der Waals surface area (Å²) in [6, 6.07) is 9.03. The number of benzene rings is 1. The molecule has 0 fully saturated rings. The van der Waals surface area contributed by atoms with Gasteiger partial charge in [0.05, 0.1) is 0 Å². The highest BCUT2D eigenvalue weighted by Crippen LogP contribution is 2.22. The maximum Gasteiger partial charge on any atom is 0.0406 e. The zero-order valence-corrected chi connectivity index (χ0v) is 12.0. The number of rotatable bonds is 6. The Morgan fingerprint density at radius 2 is 1.82 bits per heavy atom. The Morgan fingerprint density at radius 1 is 1.24 bits per heavy atom. The predicted molar refractivity (Wildman–Crippen MR) is 75.6 cm³/mol. The van der Waals surface area contributed by atoms with E-state index >= 15 is 0 Å². The summed E-state index contributed by atoms with van der Waals surface area (Å²) >= 11 is 5.90. The molecule has 17 heavy (non-hydrogen) atoms. The van der Waals surface area contributed by atoms with Crippen LogP contribution in [-0.4, -0.2) is 31.1 Å². The Bertz CT molecular complexity index is 323. The first-order valence-electron chi connectivity index (χ1n) is 6.24. The lowest BCUT2D eigenvalue weighted by Gasteiger charge is -2.31. The minimum Gasteiger partial charge on any atom is -0.315 e. The molecule has 0 bridgehead atoms. The van der Waals surface area contributed by atoms with Crippen molar-refractivity contribution in [2.75, 3.05) is 20.1 Å². The van der Waals surface area contributed by atoms with E-state index in [-0.39, 0.29) is 0 Å². The van der Waals surface area contributed by atoms with Crippen LogP contribution in [0, 0.1) is 0 Å². The summed E-state index contributed by atoms with van der Waals surface area (Å²) in [5, 5.41) is 4.18. The molecule has 0 heterocycles. The zero-order chi connectivity index (χ0) is 12.8. The molecule has 0 saturated heterocycles. The van der Waals surface area contributed by atoms with E-state index in [2.05, 4.69) is 50.2 Å². The molecule has 0 radical (unpaired) electrons. The van der Waals surface area contributed by atoms with Crippen LogP contribution in [0.5, 0.6) is 0 Å². The molecule has 2 atom stereocenters. The molecule has 0 saturated carbocycles. The van der Waals surface area contributed by atoms with Crippen molar-refractivity contribution in [3.05, 3.63) is 34.9 Å². The first-order valence-corrected chi connectivity index (χ1v) is 6.62. The van der Waals surface area contributed by atoms with E-state index in [0.717, 1.165) is 18.1 Å². The Balaban J connectivity index is 2.62. The number of halogens is 1. The summed E-state index contributed by atoms with van der Waals surface area (Å²) in [7, 11) is 2.17. The molecule has 0 aliphatic rings. The van der Waals surface area contributed by atoms with Gasteiger partial charge in [0.25, 0.3) is 0 Å². The van der Waals surface area contributed by atoms with Gasteiger partial charge in [0.15, 0.2) is 0 Å². The minimum absolute atomic E-state index is 0.404. The van der Waals surface area contributed by atoms with Crippen molar-refractivity contribution in [2.45, 2.75) is 32.9 Å². The van der Waals surface area contributed by atoms with E-state index in [4.69, 9.17) is 11.6 Å². The quantitative estimate of drug-likeness (QED) is 0.838. The molecule has 0 aliphatic heterocycles. The van der Waals surface area contributed by atoms with Crippen molar-refractivity contribution in [3.8, 4) is 0 Å². The van der Waals surface area contributed by atoms with Gasteiger partial charge in [-0.2, -0.15) is 0 Å². The fourth-order valence-corrected chi connectivity index (χ4v) is 1.98. The lowest BCUT2D eigenvalue weighted by Crippen LogP contribution is -2.39. The van der Waals surface area contributed by atoms with E-state index in [1.165, 1.54) is 5.56 Å². The van der Waals surface area contributed by atoms with Gasteiger partial charge in [0, 0.05) is 23.7 Å². The highest BCUT2D eigenvalue weighted by Gasteiger charge is 2.16. The summed E-state index contributed by atoms with van der Waals surface area (Å²) in [6.07, 6.45) is 0.